The number of rotatable bonds is 8. The van der Waals surface area contributed by atoms with Gasteiger partial charge in [-0.2, -0.15) is 0 Å². The number of imidazole rings is 1. The lowest BCUT2D eigenvalue weighted by atomic mass is 10.1. The first-order valence-corrected chi connectivity index (χ1v) is 15.3. The monoisotopic (exact) mass is 598 g/mol. The quantitative estimate of drug-likeness (QED) is 0.179. The second kappa shape index (κ2) is 13.7. The number of piperazine rings is 1. The van der Waals surface area contributed by atoms with Gasteiger partial charge < -0.3 is 16.1 Å². The van der Waals surface area contributed by atoms with Crippen molar-refractivity contribution in [1.82, 2.24) is 34.2 Å². The van der Waals surface area contributed by atoms with Crippen molar-refractivity contribution in [3.63, 3.8) is 0 Å². The van der Waals surface area contributed by atoms with Crippen LogP contribution in [0.5, 0.6) is 0 Å². The molecular formula is C31H38N10OS. The van der Waals surface area contributed by atoms with Crippen molar-refractivity contribution in [2.24, 2.45) is 11.6 Å². The van der Waals surface area contributed by atoms with Crippen molar-refractivity contribution in [3.05, 3.63) is 89.6 Å². The zero-order valence-corrected chi connectivity index (χ0v) is 25.6. The van der Waals surface area contributed by atoms with Crippen molar-refractivity contribution in [1.29, 1.82) is 0 Å². The predicted molar refractivity (Wildman–Crippen MR) is 173 cm³/mol. The van der Waals surface area contributed by atoms with Crippen LogP contribution in [-0.2, 0) is 6.54 Å². The van der Waals surface area contributed by atoms with Crippen molar-refractivity contribution >= 4 is 38.9 Å². The van der Waals surface area contributed by atoms with Gasteiger partial charge >= 0.3 is 0 Å². The number of hydrogen-bond donors (Lipinski definition) is 3. The van der Waals surface area contributed by atoms with Crippen LogP contribution in [0.3, 0.4) is 0 Å². The number of nitrogens with two attached hydrogens (primary N) is 2. The molecular weight excluding hydrogens is 560 g/mol. The summed E-state index contributed by atoms with van der Waals surface area (Å²) in [6.07, 6.45) is 5.31. The highest BCUT2D eigenvalue weighted by Crippen LogP contribution is 2.30. The van der Waals surface area contributed by atoms with E-state index in [1.54, 1.807) is 24.6 Å². The van der Waals surface area contributed by atoms with Crippen LogP contribution in [0.2, 0.25) is 0 Å². The lowest BCUT2D eigenvalue weighted by molar-refractivity contribution is 0.102. The van der Waals surface area contributed by atoms with E-state index >= 15 is 0 Å². The van der Waals surface area contributed by atoms with E-state index in [1.807, 2.05) is 68.6 Å². The molecule has 11 nitrogen and oxygen atoms in total. The van der Waals surface area contributed by atoms with Gasteiger partial charge in [-0.3, -0.25) is 24.0 Å². The third kappa shape index (κ3) is 7.17. The molecule has 2 aromatic carbocycles. The van der Waals surface area contributed by atoms with Gasteiger partial charge in [0.2, 0.25) is 0 Å². The van der Waals surface area contributed by atoms with Gasteiger partial charge in [0.15, 0.2) is 4.96 Å². The van der Waals surface area contributed by atoms with Gasteiger partial charge in [0, 0.05) is 81.0 Å². The molecule has 0 bridgehead atoms. The number of carbonyl (C=O) groups excluding carboxylic acids is 1. The lowest BCUT2D eigenvalue weighted by Crippen LogP contribution is -2.47. The van der Waals surface area contributed by atoms with Gasteiger partial charge in [-0.1, -0.05) is 44.2 Å². The number of amides is 1. The fourth-order valence-electron chi connectivity index (χ4n) is 5.04. The molecule has 3 aromatic heterocycles. The highest BCUT2D eigenvalue weighted by molar-refractivity contribution is 7.15. The molecule has 0 aliphatic carbocycles. The Morgan fingerprint density at radius 3 is 2.49 bits per heavy atom. The Kier molecular flexibility index (Phi) is 9.62. The van der Waals surface area contributed by atoms with Gasteiger partial charge in [0.05, 0.1) is 28.6 Å². The summed E-state index contributed by atoms with van der Waals surface area (Å²) in [6, 6.07) is 15.2. The van der Waals surface area contributed by atoms with Crippen LogP contribution in [0.1, 0.15) is 30.0 Å². The zero-order chi connectivity index (χ0) is 30.3. The van der Waals surface area contributed by atoms with E-state index in [0.717, 1.165) is 60.2 Å². The molecule has 43 heavy (non-hydrogen) atoms. The molecule has 0 saturated carbocycles. The Morgan fingerprint density at radius 1 is 1.02 bits per heavy atom. The lowest BCUT2D eigenvalue weighted by Gasteiger charge is -2.34. The van der Waals surface area contributed by atoms with Crippen LogP contribution in [0.4, 0.5) is 5.69 Å². The van der Waals surface area contributed by atoms with Crippen molar-refractivity contribution < 1.29 is 4.79 Å². The maximum atomic E-state index is 13.1. The highest BCUT2D eigenvalue weighted by Gasteiger charge is 2.20. The third-order valence-corrected chi connectivity index (χ3v) is 7.93. The van der Waals surface area contributed by atoms with Crippen LogP contribution in [0, 0.1) is 0 Å². The van der Waals surface area contributed by atoms with E-state index in [0.29, 0.717) is 17.7 Å². The summed E-state index contributed by atoms with van der Waals surface area (Å²) in [7, 11) is 1.77. The first kappa shape index (κ1) is 30.1. The first-order chi connectivity index (χ1) is 20.9. The van der Waals surface area contributed by atoms with E-state index in [4.69, 9.17) is 16.6 Å². The number of anilines is 1. The van der Waals surface area contributed by atoms with E-state index in [9.17, 15) is 4.79 Å². The van der Waals surface area contributed by atoms with Gasteiger partial charge in [0.1, 0.15) is 5.69 Å². The molecule has 4 heterocycles. The molecule has 0 radical (unpaired) electrons. The second-order valence-corrected chi connectivity index (χ2v) is 11.0. The smallest absolute Gasteiger partial charge is 0.275 e. The minimum atomic E-state index is -0.316. The zero-order valence-electron chi connectivity index (χ0n) is 24.8. The van der Waals surface area contributed by atoms with Crippen LogP contribution in [0.25, 0.3) is 27.3 Å². The number of thiazole rings is 1. The summed E-state index contributed by atoms with van der Waals surface area (Å²) in [6.45, 7) is 9.35. The first-order valence-electron chi connectivity index (χ1n) is 14.4. The van der Waals surface area contributed by atoms with Crippen LogP contribution < -0.4 is 16.9 Å². The average molecular weight is 599 g/mol. The molecule has 5 aromatic rings. The summed E-state index contributed by atoms with van der Waals surface area (Å²) in [5.74, 6) is 5.36. The number of para-hydroxylation sites is 3. The molecule has 0 spiro atoms. The number of aromatic nitrogens is 4. The largest absolute Gasteiger partial charge is 0.400 e. The Labute approximate surface area is 255 Å². The SMILES string of the molecule is CC.CN(N)/C=C(\N)CN1CCN(Cc2csc3nc(-c4ccccc4NC(=O)c4cnc5ccccc5n4)cn23)CC1. The normalized spacial score (nSPS) is 14.5. The molecule has 0 atom stereocenters. The summed E-state index contributed by atoms with van der Waals surface area (Å²) < 4.78 is 2.15. The molecule has 1 aliphatic rings. The maximum Gasteiger partial charge on any atom is 0.275 e. The number of nitrogens with zero attached hydrogens (tertiary/aromatic N) is 7. The Hall–Kier alpha value is -4.36. The van der Waals surface area contributed by atoms with Crippen LogP contribution in [-0.4, -0.2) is 79.8 Å². The fraction of sp³-hybridized carbons (Fsp3) is 0.290. The summed E-state index contributed by atoms with van der Waals surface area (Å²) in [5, 5.41) is 6.67. The van der Waals surface area contributed by atoms with Gasteiger partial charge in [-0.25, -0.2) is 15.8 Å². The van der Waals surface area contributed by atoms with E-state index in [1.165, 1.54) is 16.9 Å². The van der Waals surface area contributed by atoms with Crippen LogP contribution >= 0.6 is 11.3 Å². The fourth-order valence-corrected chi connectivity index (χ4v) is 5.90. The number of hydrazine groups is 1. The molecule has 1 saturated heterocycles. The minimum Gasteiger partial charge on any atom is -0.400 e. The number of nitrogens with one attached hydrogen (secondary N) is 1. The Morgan fingerprint density at radius 2 is 1.72 bits per heavy atom. The number of hydrogen-bond acceptors (Lipinski definition) is 10. The molecule has 6 rings (SSSR count). The predicted octanol–water partition coefficient (Wildman–Crippen LogP) is 4.01. The van der Waals surface area contributed by atoms with E-state index in [-0.39, 0.29) is 11.6 Å². The summed E-state index contributed by atoms with van der Waals surface area (Å²) >= 11 is 1.62. The molecule has 5 N–H and O–H groups in total. The molecule has 0 unspecified atom stereocenters. The molecule has 1 fully saturated rings. The molecule has 1 aliphatic heterocycles. The van der Waals surface area contributed by atoms with Gasteiger partial charge in [0.25, 0.3) is 5.91 Å². The van der Waals surface area contributed by atoms with Gasteiger partial charge in [-0.05, 0) is 18.2 Å². The Balaban J connectivity index is 0.00000180. The number of benzene rings is 2. The Bertz CT molecular complexity index is 1720. The standard InChI is InChI=1S/C29H32N10OS.C2H6/c1-36(31)15-20(30)16-37-10-12-38(13-11-37)17-21-19-41-29-35-27(18-39(21)29)22-6-2-3-7-23(22)34-28(40)26-14-32-24-8-4-5-9-25(24)33-26;1-2/h2-9,14-15,18-19H,10-13,16-17,30-31H2,1H3,(H,34,40);1-2H3/b20-15-;. The molecule has 224 valence electrons. The van der Waals surface area contributed by atoms with Crippen molar-refractivity contribution in [3.8, 4) is 11.3 Å². The summed E-state index contributed by atoms with van der Waals surface area (Å²) in [4.78, 5) is 32.6. The van der Waals surface area contributed by atoms with Gasteiger partial charge in [-0.15, -0.1) is 11.3 Å². The number of carbonyl (C=O) groups is 1. The third-order valence-electron chi connectivity index (χ3n) is 7.04. The highest BCUT2D eigenvalue weighted by atomic mass is 32.1. The van der Waals surface area contributed by atoms with Crippen molar-refractivity contribution in [2.45, 2.75) is 20.4 Å². The minimum absolute atomic E-state index is 0.261. The van der Waals surface area contributed by atoms with E-state index in [2.05, 4.69) is 34.9 Å². The summed E-state index contributed by atoms with van der Waals surface area (Å²) in [5.41, 5.74) is 12.1. The maximum absolute atomic E-state index is 13.1. The molecule has 1 amide bonds. The second-order valence-electron chi connectivity index (χ2n) is 10.2. The molecule has 12 heteroatoms. The topological polar surface area (TPSA) is 134 Å². The number of fused-ring (bicyclic) bond motifs is 2. The van der Waals surface area contributed by atoms with E-state index < -0.39 is 0 Å². The van der Waals surface area contributed by atoms with Crippen LogP contribution in [0.15, 0.2) is 78.2 Å². The average Bonchev–Trinajstić information content (AvgIpc) is 3.60. The van der Waals surface area contributed by atoms with Crippen molar-refractivity contribution in [2.75, 3.05) is 45.1 Å².